The lowest BCUT2D eigenvalue weighted by Crippen LogP contribution is -2.25. The first-order chi connectivity index (χ1) is 19.3. The number of H-pyrrole nitrogens is 1. The lowest BCUT2D eigenvalue weighted by atomic mass is 9.96. The highest BCUT2D eigenvalue weighted by atomic mass is 19.4. The maximum atomic E-state index is 13.0. The lowest BCUT2D eigenvalue weighted by molar-refractivity contribution is -0.141. The zero-order valence-corrected chi connectivity index (χ0v) is 21.1. The van der Waals surface area contributed by atoms with Gasteiger partial charge in [-0.15, -0.1) is 0 Å². The van der Waals surface area contributed by atoms with Crippen LogP contribution in [-0.2, 0) is 23.7 Å². The molecule has 0 aliphatic rings. The van der Waals surface area contributed by atoms with Crippen LogP contribution in [0.5, 0.6) is 11.5 Å². The Morgan fingerprint density at radius 2 is 1.68 bits per heavy atom. The first-order valence-corrected chi connectivity index (χ1v) is 12.1. The number of nitrogens with two attached hydrogens (primary N) is 1. The van der Waals surface area contributed by atoms with Crippen LogP contribution in [0.2, 0.25) is 0 Å². The minimum Gasteiger partial charge on any atom is -0.457 e. The molecule has 0 aliphatic carbocycles. The van der Waals surface area contributed by atoms with Gasteiger partial charge in [0.1, 0.15) is 34.6 Å². The van der Waals surface area contributed by atoms with Gasteiger partial charge in [-0.3, -0.25) is 9.78 Å². The third kappa shape index (κ3) is 5.58. The molecule has 5 aromatic rings. The number of halogens is 6. The van der Waals surface area contributed by atoms with Crippen LogP contribution in [0.15, 0.2) is 67.0 Å². The average Bonchev–Trinajstić information content (AvgIpc) is 3.54. The molecule has 0 saturated heterocycles. The molecule has 1 atom stereocenters. The smallest absolute Gasteiger partial charge is 0.432 e. The zero-order valence-electron chi connectivity index (χ0n) is 21.1. The highest BCUT2D eigenvalue weighted by Gasteiger charge is 2.34. The topological polar surface area (TPSA) is 112 Å². The third-order valence-electron chi connectivity index (χ3n) is 6.27. The summed E-state index contributed by atoms with van der Waals surface area (Å²) in [4.78, 5) is 27.0. The molecule has 8 nitrogen and oxygen atoms in total. The number of nitrogens with zero attached hydrogens (tertiary/aromatic N) is 4. The molecule has 0 saturated carbocycles. The van der Waals surface area contributed by atoms with Crippen molar-refractivity contribution < 1.29 is 35.9 Å². The summed E-state index contributed by atoms with van der Waals surface area (Å²) in [5.74, 6) is -1.17. The van der Waals surface area contributed by atoms with Crippen LogP contribution in [0, 0.1) is 0 Å². The number of aromatic amines is 1. The molecule has 0 aliphatic heterocycles. The number of aryl methyl sites for hydroxylation is 1. The van der Waals surface area contributed by atoms with Crippen molar-refractivity contribution in [1.29, 1.82) is 0 Å². The summed E-state index contributed by atoms with van der Waals surface area (Å²) in [6.45, 7) is 2.20. The first-order valence-electron chi connectivity index (χ1n) is 12.1. The number of hydrogen-bond donors (Lipinski definition) is 2. The summed E-state index contributed by atoms with van der Waals surface area (Å²) >= 11 is 0. The number of hydrogen-bond acceptors (Lipinski definition) is 5. The molecule has 0 spiro atoms. The van der Waals surface area contributed by atoms with Crippen LogP contribution in [0.25, 0.3) is 22.6 Å². The summed E-state index contributed by atoms with van der Waals surface area (Å²) in [7, 11) is 0. The van der Waals surface area contributed by atoms with Gasteiger partial charge in [0.2, 0.25) is 5.91 Å². The monoisotopic (exact) mass is 574 g/mol. The number of primary amides is 1. The molecule has 0 radical (unpaired) electrons. The van der Waals surface area contributed by atoms with E-state index >= 15 is 0 Å². The van der Waals surface area contributed by atoms with E-state index in [0.29, 0.717) is 29.5 Å². The van der Waals surface area contributed by atoms with E-state index < -0.39 is 35.4 Å². The number of nitrogens with one attached hydrogen (secondary N) is 1. The molecule has 2 aromatic carbocycles. The van der Waals surface area contributed by atoms with Crippen LogP contribution in [0.3, 0.4) is 0 Å². The number of ether oxygens (including phenoxy) is 1. The Morgan fingerprint density at radius 3 is 2.29 bits per heavy atom. The number of rotatable bonds is 7. The Kier molecular flexibility index (Phi) is 6.93. The van der Waals surface area contributed by atoms with Crippen LogP contribution in [0.4, 0.5) is 26.3 Å². The number of imidazole rings is 2. The van der Waals surface area contributed by atoms with E-state index in [1.54, 1.807) is 22.8 Å². The average molecular weight is 574 g/mol. The van der Waals surface area contributed by atoms with Crippen molar-refractivity contribution in [2.24, 2.45) is 5.73 Å². The highest BCUT2D eigenvalue weighted by Crippen LogP contribution is 2.34. The quantitative estimate of drug-likeness (QED) is 0.222. The van der Waals surface area contributed by atoms with Crippen molar-refractivity contribution >= 4 is 16.9 Å². The second kappa shape index (κ2) is 10.3. The number of benzene rings is 2. The van der Waals surface area contributed by atoms with Gasteiger partial charge in [0.15, 0.2) is 5.82 Å². The Balaban J connectivity index is 1.46. The number of alkyl halides is 6. The van der Waals surface area contributed by atoms with E-state index in [2.05, 4.69) is 19.9 Å². The number of carbonyl (C=O) groups is 1. The SMILES string of the molecule is CCn1c(C(C(N)=O)c2ccc(C(F)(F)F)cc2)nc2cc(Oc3ccnc(-c4ncc(C(F)(F)F)[nH]4)c3)ccc21. The Bertz CT molecular complexity index is 1720. The van der Waals surface area contributed by atoms with Gasteiger partial charge < -0.3 is 20.0 Å². The van der Waals surface area contributed by atoms with E-state index in [1.165, 1.54) is 30.5 Å². The van der Waals surface area contributed by atoms with Crippen molar-refractivity contribution in [2.75, 3.05) is 0 Å². The Morgan fingerprint density at radius 1 is 0.976 bits per heavy atom. The Hall–Kier alpha value is -4.88. The van der Waals surface area contributed by atoms with Gasteiger partial charge in [-0.25, -0.2) is 9.97 Å². The molecule has 3 aromatic heterocycles. The van der Waals surface area contributed by atoms with Gasteiger partial charge in [-0.2, -0.15) is 26.3 Å². The normalized spacial score (nSPS) is 13.0. The fraction of sp³-hybridized carbons (Fsp3) is 0.185. The van der Waals surface area contributed by atoms with E-state index in [0.717, 1.165) is 12.1 Å². The second-order valence-electron chi connectivity index (χ2n) is 8.94. The number of fused-ring (bicyclic) bond motifs is 1. The molecule has 1 unspecified atom stereocenters. The van der Waals surface area contributed by atoms with Crippen molar-refractivity contribution in [3.05, 3.63) is 89.6 Å². The predicted octanol–water partition coefficient (Wildman–Crippen LogP) is 6.29. The molecule has 0 bridgehead atoms. The molecular weight excluding hydrogens is 554 g/mol. The maximum absolute atomic E-state index is 13.0. The van der Waals surface area contributed by atoms with Gasteiger partial charge in [-0.05, 0) is 42.8 Å². The number of aromatic nitrogens is 5. The van der Waals surface area contributed by atoms with Gasteiger partial charge in [-0.1, -0.05) is 12.1 Å². The zero-order chi connectivity index (χ0) is 29.5. The molecule has 0 fully saturated rings. The van der Waals surface area contributed by atoms with Gasteiger partial charge in [0, 0.05) is 24.9 Å². The molecule has 5 rings (SSSR count). The summed E-state index contributed by atoms with van der Waals surface area (Å²) in [6, 6.07) is 12.0. The minimum atomic E-state index is -4.59. The third-order valence-corrected chi connectivity index (χ3v) is 6.27. The molecule has 3 N–H and O–H groups in total. The van der Waals surface area contributed by atoms with Gasteiger partial charge >= 0.3 is 12.4 Å². The molecule has 41 heavy (non-hydrogen) atoms. The molecule has 212 valence electrons. The number of pyridine rings is 1. The minimum absolute atomic E-state index is 0.0923. The first kappa shape index (κ1) is 27.7. The van der Waals surface area contributed by atoms with Gasteiger partial charge in [0.05, 0.1) is 22.8 Å². The molecular formula is C27H20F6N6O2. The van der Waals surface area contributed by atoms with Crippen LogP contribution < -0.4 is 10.5 Å². The summed E-state index contributed by atoms with van der Waals surface area (Å²) in [6.07, 6.45) is -7.10. The Labute approximate surface area is 227 Å². The number of amides is 1. The lowest BCUT2D eigenvalue weighted by Gasteiger charge is -2.16. The fourth-order valence-corrected chi connectivity index (χ4v) is 4.39. The molecule has 1 amide bonds. The molecule has 14 heteroatoms. The summed E-state index contributed by atoms with van der Waals surface area (Å²) < 4.78 is 85.5. The van der Waals surface area contributed by atoms with E-state index in [9.17, 15) is 31.1 Å². The second-order valence-corrected chi connectivity index (χ2v) is 8.94. The van der Waals surface area contributed by atoms with E-state index in [-0.39, 0.29) is 28.7 Å². The standard InChI is InChI=1S/C27H20F6N6O2/c1-2-39-20-8-7-16(41-17-9-10-35-19(12-17)24-36-13-21(38-24)27(31,32)33)11-18(20)37-25(39)22(23(34)40)14-3-5-15(6-4-14)26(28,29)30/h3-13,22H,2H2,1H3,(H2,34,40)(H,36,38). The van der Waals surface area contributed by atoms with Crippen molar-refractivity contribution in [3.8, 4) is 23.0 Å². The van der Waals surface area contributed by atoms with E-state index in [4.69, 9.17) is 10.5 Å². The molecule has 3 heterocycles. The summed E-state index contributed by atoms with van der Waals surface area (Å²) in [5, 5.41) is 0. The fourth-order valence-electron chi connectivity index (χ4n) is 4.39. The van der Waals surface area contributed by atoms with E-state index in [1.807, 2.05) is 6.92 Å². The van der Waals surface area contributed by atoms with Crippen LogP contribution >= 0.6 is 0 Å². The van der Waals surface area contributed by atoms with Crippen molar-refractivity contribution in [3.63, 3.8) is 0 Å². The largest absolute Gasteiger partial charge is 0.457 e. The highest BCUT2D eigenvalue weighted by molar-refractivity contribution is 5.87. The van der Waals surface area contributed by atoms with Crippen LogP contribution in [0.1, 0.15) is 35.5 Å². The maximum Gasteiger partial charge on any atom is 0.432 e. The predicted molar refractivity (Wildman–Crippen MR) is 135 cm³/mol. The number of carbonyl (C=O) groups excluding carboxylic acids is 1. The van der Waals surface area contributed by atoms with Crippen LogP contribution in [-0.4, -0.2) is 30.4 Å². The van der Waals surface area contributed by atoms with Crippen molar-refractivity contribution in [2.45, 2.75) is 31.7 Å². The van der Waals surface area contributed by atoms with Crippen molar-refractivity contribution in [1.82, 2.24) is 24.5 Å². The van der Waals surface area contributed by atoms with Gasteiger partial charge in [0.25, 0.3) is 0 Å². The summed E-state index contributed by atoms with van der Waals surface area (Å²) in [5.41, 5.74) is 5.22.